The minimum atomic E-state index is -4.47. The predicted octanol–water partition coefficient (Wildman–Crippen LogP) is 2.25. The smallest absolute Gasteiger partial charge is 0.353 e. The Morgan fingerprint density at radius 1 is 1.15 bits per heavy atom. The molecule has 0 aromatic carbocycles. The van der Waals surface area contributed by atoms with Crippen LogP contribution in [0, 0.1) is 11.3 Å². The molecule has 9 heteroatoms. The van der Waals surface area contributed by atoms with Crippen LogP contribution in [0.2, 0.25) is 0 Å². The SMILES string of the molecule is Cl.O=C(CC(F)(F)F)N1CCC(NC(=O)[C@@]23CCCC[C@H]2CNC3)CC1. The highest BCUT2D eigenvalue weighted by atomic mass is 35.5. The average molecular weight is 398 g/mol. The molecule has 1 aliphatic carbocycles. The molecule has 2 N–H and O–H groups in total. The summed E-state index contributed by atoms with van der Waals surface area (Å²) in [5.41, 5.74) is -0.318. The minimum absolute atomic E-state index is 0. The van der Waals surface area contributed by atoms with E-state index >= 15 is 0 Å². The first kappa shape index (κ1) is 21.3. The van der Waals surface area contributed by atoms with Crippen molar-refractivity contribution in [1.82, 2.24) is 15.5 Å². The summed E-state index contributed by atoms with van der Waals surface area (Å²) in [7, 11) is 0. The van der Waals surface area contributed by atoms with Gasteiger partial charge in [0.2, 0.25) is 11.8 Å². The number of amides is 2. The number of carbonyl (C=O) groups is 2. The van der Waals surface area contributed by atoms with Crippen molar-refractivity contribution in [2.45, 2.75) is 57.2 Å². The van der Waals surface area contributed by atoms with Gasteiger partial charge in [0, 0.05) is 25.7 Å². The molecular formula is C17H27ClF3N3O2. The molecule has 150 valence electrons. The average Bonchev–Trinajstić information content (AvgIpc) is 2.99. The topological polar surface area (TPSA) is 61.4 Å². The molecular weight excluding hydrogens is 371 g/mol. The third kappa shape index (κ3) is 4.63. The van der Waals surface area contributed by atoms with Crippen LogP contribution in [0.5, 0.6) is 0 Å². The second kappa shape index (κ2) is 8.33. The minimum Gasteiger partial charge on any atom is -0.353 e. The van der Waals surface area contributed by atoms with E-state index in [1.54, 1.807) is 0 Å². The zero-order valence-electron chi connectivity index (χ0n) is 14.7. The van der Waals surface area contributed by atoms with Crippen LogP contribution in [0.4, 0.5) is 13.2 Å². The van der Waals surface area contributed by atoms with Gasteiger partial charge in [0.1, 0.15) is 6.42 Å². The summed E-state index contributed by atoms with van der Waals surface area (Å²) in [6.07, 6.45) is -0.623. The van der Waals surface area contributed by atoms with Crippen LogP contribution >= 0.6 is 12.4 Å². The number of carbonyl (C=O) groups excluding carboxylic acids is 2. The fraction of sp³-hybridized carbons (Fsp3) is 0.882. The van der Waals surface area contributed by atoms with E-state index in [1.807, 2.05) is 0 Å². The number of likely N-dealkylation sites (tertiary alicyclic amines) is 1. The number of halogens is 4. The molecule has 2 amide bonds. The van der Waals surface area contributed by atoms with Crippen molar-refractivity contribution in [3.8, 4) is 0 Å². The van der Waals surface area contributed by atoms with Crippen LogP contribution in [-0.2, 0) is 9.59 Å². The molecule has 0 unspecified atom stereocenters. The summed E-state index contributed by atoms with van der Waals surface area (Å²) in [5, 5.41) is 6.47. The summed E-state index contributed by atoms with van der Waals surface area (Å²) in [5.74, 6) is -0.403. The lowest BCUT2D eigenvalue weighted by Crippen LogP contribution is -2.53. The fourth-order valence-electron chi connectivity index (χ4n) is 4.58. The molecule has 1 saturated carbocycles. The predicted molar refractivity (Wildman–Crippen MR) is 92.9 cm³/mol. The van der Waals surface area contributed by atoms with Gasteiger partial charge >= 0.3 is 6.18 Å². The van der Waals surface area contributed by atoms with Gasteiger partial charge in [0.05, 0.1) is 5.41 Å². The molecule has 2 atom stereocenters. The van der Waals surface area contributed by atoms with E-state index < -0.39 is 18.5 Å². The second-order valence-electron chi connectivity index (χ2n) is 7.65. The number of hydrogen-bond donors (Lipinski definition) is 2. The number of fused-ring (bicyclic) bond motifs is 1. The van der Waals surface area contributed by atoms with Crippen LogP contribution in [0.1, 0.15) is 44.9 Å². The van der Waals surface area contributed by atoms with Gasteiger partial charge in [0.25, 0.3) is 0 Å². The Kier molecular flexibility index (Phi) is 6.82. The zero-order chi connectivity index (χ0) is 18.1. The molecule has 0 radical (unpaired) electrons. The number of alkyl halides is 3. The Bertz CT molecular complexity index is 524. The van der Waals surface area contributed by atoms with Gasteiger partial charge in [0.15, 0.2) is 0 Å². The molecule has 3 aliphatic rings. The lowest BCUT2D eigenvalue weighted by atomic mass is 9.67. The fourth-order valence-corrected chi connectivity index (χ4v) is 4.58. The maximum atomic E-state index is 12.9. The van der Waals surface area contributed by atoms with Crippen molar-refractivity contribution < 1.29 is 22.8 Å². The van der Waals surface area contributed by atoms with Crippen molar-refractivity contribution in [1.29, 1.82) is 0 Å². The molecule has 0 spiro atoms. The van der Waals surface area contributed by atoms with E-state index in [4.69, 9.17) is 0 Å². The molecule has 2 aliphatic heterocycles. The summed E-state index contributed by atoms with van der Waals surface area (Å²) < 4.78 is 37.0. The van der Waals surface area contributed by atoms with Gasteiger partial charge in [-0.15, -0.1) is 12.4 Å². The van der Waals surface area contributed by atoms with Crippen LogP contribution in [0.25, 0.3) is 0 Å². The Morgan fingerprint density at radius 2 is 1.85 bits per heavy atom. The third-order valence-corrected chi connectivity index (χ3v) is 6.02. The van der Waals surface area contributed by atoms with E-state index in [1.165, 1.54) is 11.3 Å². The second-order valence-corrected chi connectivity index (χ2v) is 7.65. The normalized spacial score (nSPS) is 29.7. The zero-order valence-corrected chi connectivity index (χ0v) is 15.6. The Balaban J connectivity index is 0.00000243. The lowest BCUT2D eigenvalue weighted by Gasteiger charge is -2.39. The number of nitrogens with zero attached hydrogens (tertiary/aromatic N) is 1. The first-order valence-electron chi connectivity index (χ1n) is 9.16. The number of nitrogens with one attached hydrogen (secondary N) is 2. The van der Waals surface area contributed by atoms with Crippen molar-refractivity contribution in [3.63, 3.8) is 0 Å². The molecule has 0 aromatic rings. The molecule has 0 aromatic heterocycles. The Hall–Kier alpha value is -1.02. The van der Waals surface area contributed by atoms with Crippen molar-refractivity contribution in [2.75, 3.05) is 26.2 Å². The van der Waals surface area contributed by atoms with E-state index in [0.717, 1.165) is 25.8 Å². The van der Waals surface area contributed by atoms with Crippen LogP contribution < -0.4 is 10.6 Å². The number of hydrogen-bond acceptors (Lipinski definition) is 3. The van der Waals surface area contributed by atoms with Crippen LogP contribution in [0.15, 0.2) is 0 Å². The number of piperidine rings is 1. The first-order valence-corrected chi connectivity index (χ1v) is 9.16. The van der Waals surface area contributed by atoms with Gasteiger partial charge in [-0.05, 0) is 38.1 Å². The van der Waals surface area contributed by atoms with Crippen molar-refractivity contribution >= 4 is 24.2 Å². The quantitative estimate of drug-likeness (QED) is 0.767. The molecule has 5 nitrogen and oxygen atoms in total. The molecule has 26 heavy (non-hydrogen) atoms. The van der Waals surface area contributed by atoms with E-state index in [0.29, 0.717) is 25.3 Å². The molecule has 2 saturated heterocycles. The van der Waals surface area contributed by atoms with Gasteiger partial charge < -0.3 is 15.5 Å². The lowest BCUT2D eigenvalue weighted by molar-refractivity contribution is -0.162. The first-order chi connectivity index (χ1) is 11.8. The Labute approximate surface area is 157 Å². The van der Waals surface area contributed by atoms with Gasteiger partial charge in [-0.3, -0.25) is 9.59 Å². The maximum absolute atomic E-state index is 12.9. The van der Waals surface area contributed by atoms with Crippen LogP contribution in [0.3, 0.4) is 0 Å². The molecule has 3 rings (SSSR count). The molecule has 0 bridgehead atoms. The van der Waals surface area contributed by atoms with Gasteiger partial charge in [-0.25, -0.2) is 0 Å². The number of rotatable bonds is 3. The van der Waals surface area contributed by atoms with Gasteiger partial charge in [-0.2, -0.15) is 13.2 Å². The van der Waals surface area contributed by atoms with E-state index in [9.17, 15) is 22.8 Å². The maximum Gasteiger partial charge on any atom is 0.397 e. The highest BCUT2D eigenvalue weighted by molar-refractivity contribution is 5.85. The summed E-state index contributed by atoms with van der Waals surface area (Å²) in [4.78, 5) is 25.8. The van der Waals surface area contributed by atoms with E-state index in [-0.39, 0.29) is 42.9 Å². The third-order valence-electron chi connectivity index (χ3n) is 6.02. The summed E-state index contributed by atoms with van der Waals surface area (Å²) in [6, 6.07) is -0.0556. The highest BCUT2D eigenvalue weighted by Gasteiger charge is 2.50. The van der Waals surface area contributed by atoms with E-state index in [2.05, 4.69) is 10.6 Å². The molecule has 3 fully saturated rings. The van der Waals surface area contributed by atoms with Crippen molar-refractivity contribution in [3.05, 3.63) is 0 Å². The monoisotopic (exact) mass is 397 g/mol. The van der Waals surface area contributed by atoms with Crippen LogP contribution in [-0.4, -0.2) is 55.1 Å². The standard InChI is InChI=1S/C17H26F3N3O2.ClH/c18-17(19,20)9-14(24)23-7-4-13(5-8-23)22-15(25)16-6-2-1-3-12(16)10-21-11-16;/h12-13,21H,1-11H2,(H,22,25);1H/t12-,16+;/m0./s1. The van der Waals surface area contributed by atoms with Crippen molar-refractivity contribution in [2.24, 2.45) is 11.3 Å². The summed E-state index contributed by atoms with van der Waals surface area (Å²) >= 11 is 0. The van der Waals surface area contributed by atoms with Gasteiger partial charge in [-0.1, -0.05) is 12.8 Å². The Morgan fingerprint density at radius 3 is 2.50 bits per heavy atom. The largest absolute Gasteiger partial charge is 0.397 e. The highest BCUT2D eigenvalue weighted by Crippen LogP contribution is 2.44. The molecule has 2 heterocycles. The summed E-state index contributed by atoms with van der Waals surface area (Å²) in [6.45, 7) is 2.15.